The molecule has 0 aliphatic carbocycles. The normalized spacial score (nSPS) is 12.3. The number of pyridine rings is 1. The van der Waals surface area contributed by atoms with Crippen LogP contribution in [0.4, 0.5) is 4.79 Å². The van der Waals surface area contributed by atoms with Gasteiger partial charge in [0, 0.05) is 25.8 Å². The van der Waals surface area contributed by atoms with Gasteiger partial charge in [-0.15, -0.1) is 0 Å². The quantitative estimate of drug-likeness (QED) is 0.378. The first-order valence-electron chi connectivity index (χ1n) is 11.4. The number of carbonyl (C=O) groups is 3. The Labute approximate surface area is 212 Å². The number of aromatic nitrogens is 4. The largest absolute Gasteiger partial charge is 0.465 e. The Morgan fingerprint density at radius 3 is 2.64 bits per heavy atom. The van der Waals surface area contributed by atoms with Crippen molar-refractivity contribution in [2.24, 2.45) is 4.99 Å². The molecule has 192 valence electrons. The van der Waals surface area contributed by atoms with E-state index in [4.69, 9.17) is 9.47 Å². The van der Waals surface area contributed by atoms with Crippen LogP contribution in [0.5, 0.6) is 0 Å². The van der Waals surface area contributed by atoms with E-state index in [1.54, 1.807) is 48.2 Å². The number of fused-ring (bicyclic) bond motifs is 1. The first-order valence-corrected chi connectivity index (χ1v) is 12.2. The summed E-state index contributed by atoms with van der Waals surface area (Å²) in [5, 5.41) is 6.97. The van der Waals surface area contributed by atoms with Gasteiger partial charge in [0.05, 0.1) is 23.1 Å². The van der Waals surface area contributed by atoms with E-state index in [0.717, 1.165) is 5.69 Å². The van der Waals surface area contributed by atoms with Crippen LogP contribution in [0, 0.1) is 6.92 Å². The second kappa shape index (κ2) is 11.3. The number of rotatable bonds is 7. The van der Waals surface area contributed by atoms with Crippen molar-refractivity contribution in [2.75, 3.05) is 13.7 Å². The van der Waals surface area contributed by atoms with Crippen molar-refractivity contribution < 1.29 is 23.9 Å². The highest BCUT2D eigenvalue weighted by atomic mass is 32.1. The number of nitrogens with one attached hydrogen (secondary N) is 1. The fourth-order valence-corrected chi connectivity index (χ4v) is 4.30. The van der Waals surface area contributed by atoms with Crippen molar-refractivity contribution in [2.45, 2.75) is 53.3 Å². The van der Waals surface area contributed by atoms with Crippen LogP contribution in [0.3, 0.4) is 0 Å². The number of carbonyl (C=O) groups excluding carboxylic acids is 3. The van der Waals surface area contributed by atoms with E-state index in [-0.39, 0.29) is 6.54 Å². The highest BCUT2D eigenvalue weighted by Gasteiger charge is 2.17. The molecule has 0 radical (unpaired) electrons. The van der Waals surface area contributed by atoms with Crippen molar-refractivity contribution in [3.8, 4) is 0 Å². The van der Waals surface area contributed by atoms with Crippen molar-refractivity contribution in [3.63, 3.8) is 0 Å². The van der Waals surface area contributed by atoms with Gasteiger partial charge in [-0.3, -0.25) is 14.0 Å². The molecule has 0 spiro atoms. The zero-order chi connectivity index (χ0) is 26.5. The van der Waals surface area contributed by atoms with Gasteiger partial charge in [0.1, 0.15) is 11.3 Å². The number of hydrogen-bond donors (Lipinski definition) is 1. The Bertz CT molecular complexity index is 1380. The summed E-state index contributed by atoms with van der Waals surface area (Å²) in [6.45, 7) is 10.2. The van der Waals surface area contributed by atoms with Gasteiger partial charge in [0.15, 0.2) is 10.4 Å². The lowest BCUT2D eigenvalue weighted by atomic mass is 10.2. The second-order valence-electron chi connectivity index (χ2n) is 8.79. The minimum absolute atomic E-state index is 0.262. The van der Waals surface area contributed by atoms with Crippen molar-refractivity contribution in [1.82, 2.24) is 24.6 Å². The topological polar surface area (TPSA) is 130 Å². The van der Waals surface area contributed by atoms with Crippen molar-refractivity contribution in [1.29, 1.82) is 0 Å². The summed E-state index contributed by atoms with van der Waals surface area (Å²) in [5.74, 6) is -0.934. The molecule has 3 rings (SSSR count). The summed E-state index contributed by atoms with van der Waals surface area (Å²) in [5.41, 5.74) is 1.39. The Balaban J connectivity index is 1.92. The van der Waals surface area contributed by atoms with Crippen LogP contribution >= 0.6 is 11.3 Å². The molecule has 11 nitrogen and oxygen atoms in total. The van der Waals surface area contributed by atoms with Gasteiger partial charge in [-0.1, -0.05) is 23.5 Å². The molecule has 3 aromatic rings. The molecule has 3 heterocycles. The van der Waals surface area contributed by atoms with E-state index in [1.807, 2.05) is 19.9 Å². The molecule has 36 heavy (non-hydrogen) atoms. The smallest absolute Gasteiger partial charge is 0.407 e. The van der Waals surface area contributed by atoms with Crippen molar-refractivity contribution in [3.05, 3.63) is 52.2 Å². The molecule has 0 saturated carbocycles. The van der Waals surface area contributed by atoms with Gasteiger partial charge in [-0.25, -0.2) is 14.6 Å². The van der Waals surface area contributed by atoms with Crippen molar-refractivity contribution >= 4 is 39.7 Å². The maximum Gasteiger partial charge on any atom is 0.407 e. The van der Waals surface area contributed by atoms with Crippen LogP contribution < -0.4 is 10.1 Å². The molecular weight excluding hydrogens is 484 g/mol. The molecule has 0 bridgehead atoms. The predicted molar refractivity (Wildman–Crippen MR) is 135 cm³/mol. The third-order valence-electron chi connectivity index (χ3n) is 4.78. The molecule has 12 heteroatoms. The number of allylic oxidation sites excluding steroid dienone is 1. The lowest BCUT2D eigenvalue weighted by molar-refractivity contribution is 0.0532. The Kier molecular flexibility index (Phi) is 8.41. The van der Waals surface area contributed by atoms with Gasteiger partial charge in [0.2, 0.25) is 0 Å². The van der Waals surface area contributed by atoms with E-state index in [9.17, 15) is 14.4 Å². The Hall–Kier alpha value is -3.80. The van der Waals surface area contributed by atoms with E-state index < -0.39 is 23.6 Å². The molecule has 0 aliphatic rings. The number of nitrogens with zero attached hydrogens (tertiary/aromatic N) is 5. The Morgan fingerprint density at radius 1 is 1.22 bits per heavy atom. The monoisotopic (exact) mass is 514 g/mol. The molecule has 0 aromatic carbocycles. The highest BCUT2D eigenvalue weighted by Crippen LogP contribution is 2.18. The number of ether oxygens (including phenoxy) is 2. The molecular formula is C24H30N6O5S. The number of hydrogen-bond acceptors (Lipinski definition) is 8. The van der Waals surface area contributed by atoms with Crippen LogP contribution in [-0.4, -0.2) is 56.6 Å². The van der Waals surface area contributed by atoms with E-state index in [2.05, 4.69) is 20.4 Å². The molecule has 0 saturated heterocycles. The van der Waals surface area contributed by atoms with Gasteiger partial charge < -0.3 is 14.8 Å². The minimum Gasteiger partial charge on any atom is -0.465 e. The maximum atomic E-state index is 13.0. The lowest BCUT2D eigenvalue weighted by Gasteiger charge is -2.19. The van der Waals surface area contributed by atoms with Gasteiger partial charge in [-0.2, -0.15) is 10.1 Å². The molecule has 2 amide bonds. The van der Waals surface area contributed by atoms with Crippen LogP contribution in [-0.2, 0) is 22.6 Å². The third-order valence-corrected chi connectivity index (χ3v) is 5.79. The Morgan fingerprint density at radius 2 is 1.97 bits per heavy atom. The minimum atomic E-state index is -0.581. The summed E-state index contributed by atoms with van der Waals surface area (Å²) in [4.78, 5) is 46.0. The van der Waals surface area contributed by atoms with Crippen LogP contribution in [0.15, 0.2) is 35.5 Å². The number of thiazole rings is 1. The maximum absolute atomic E-state index is 13.0. The fourth-order valence-electron chi connectivity index (χ4n) is 3.26. The SMILES string of the molecule is CCn1nc(C)cc1C(=O)N=c1sc2cc(C(=O)OC)cnc2n1C/C=C/CNC(=O)OC(C)(C)C. The number of methoxy groups -OCH3 is 1. The molecule has 1 N–H and O–H groups in total. The van der Waals surface area contributed by atoms with Gasteiger partial charge in [-0.05, 0) is 46.8 Å². The average molecular weight is 515 g/mol. The highest BCUT2D eigenvalue weighted by molar-refractivity contribution is 7.16. The summed E-state index contributed by atoms with van der Waals surface area (Å²) in [7, 11) is 1.30. The lowest BCUT2D eigenvalue weighted by Crippen LogP contribution is -2.32. The van der Waals surface area contributed by atoms with Gasteiger partial charge >= 0.3 is 12.1 Å². The fraction of sp³-hybridized carbons (Fsp3) is 0.417. The molecule has 3 aromatic heterocycles. The second-order valence-corrected chi connectivity index (χ2v) is 9.80. The summed E-state index contributed by atoms with van der Waals surface area (Å²) in [6.07, 6.45) is 4.50. The third kappa shape index (κ3) is 6.66. The predicted octanol–water partition coefficient (Wildman–Crippen LogP) is 3.23. The summed E-state index contributed by atoms with van der Waals surface area (Å²) in [6, 6.07) is 3.36. The van der Waals surface area contributed by atoms with Crippen LogP contribution in [0.1, 0.15) is 54.2 Å². The number of alkyl carbamates (subject to hydrolysis) is 1. The number of aryl methyl sites for hydroxylation is 2. The zero-order valence-electron chi connectivity index (χ0n) is 21.2. The van der Waals surface area contributed by atoms with Crippen LogP contribution in [0.2, 0.25) is 0 Å². The molecule has 0 atom stereocenters. The first kappa shape index (κ1) is 26.8. The molecule has 0 unspecified atom stereocenters. The van der Waals surface area contributed by atoms with E-state index in [0.29, 0.717) is 39.5 Å². The van der Waals surface area contributed by atoms with Gasteiger partial charge in [0.25, 0.3) is 5.91 Å². The number of esters is 1. The number of amides is 2. The van der Waals surface area contributed by atoms with E-state index >= 15 is 0 Å². The van der Waals surface area contributed by atoms with Crippen LogP contribution in [0.25, 0.3) is 10.3 Å². The average Bonchev–Trinajstić information content (AvgIpc) is 3.36. The molecule has 0 fully saturated rings. The van der Waals surface area contributed by atoms with E-state index in [1.165, 1.54) is 24.6 Å². The molecule has 0 aliphatic heterocycles. The standard InChI is InChI=1S/C24H30N6O5S/c1-7-30-17(12-15(2)28-30)20(31)27-22-29(11-9-8-10-25-23(33)35-24(3,4)5)19-18(36-22)13-16(14-26-19)21(32)34-6/h8-9,12-14H,7,10-11H2,1-6H3,(H,25,33)/b9-8+,27-22?. The summed E-state index contributed by atoms with van der Waals surface area (Å²) >= 11 is 1.24. The summed E-state index contributed by atoms with van der Waals surface area (Å²) < 4.78 is 14.1. The first-order chi connectivity index (χ1) is 17.0. The zero-order valence-corrected chi connectivity index (χ0v) is 22.0.